The maximum atomic E-state index is 12.5. The van der Waals surface area contributed by atoms with Crippen molar-refractivity contribution in [3.8, 4) is 0 Å². The molecule has 0 aromatic heterocycles. The molecule has 19 heavy (non-hydrogen) atoms. The van der Waals surface area contributed by atoms with E-state index in [2.05, 4.69) is 67.5 Å². The predicted molar refractivity (Wildman–Crippen MR) is 83.0 cm³/mol. The molecule has 0 bridgehead atoms. The number of hydrogen-bond acceptors (Lipinski definition) is 1. The van der Waals surface area contributed by atoms with E-state index in [1.165, 1.54) is 5.56 Å². The zero-order valence-electron chi connectivity index (χ0n) is 13.8. The number of Topliss-reactive ketones (excluding diaryl/α,β-unsaturated/α-hetero) is 1. The van der Waals surface area contributed by atoms with E-state index < -0.39 is 0 Å². The van der Waals surface area contributed by atoms with Gasteiger partial charge in [0.2, 0.25) is 0 Å². The second kappa shape index (κ2) is 5.11. The van der Waals surface area contributed by atoms with E-state index in [1.807, 2.05) is 0 Å². The molecular formula is C18H28O. The Bertz CT molecular complexity index is 458. The van der Waals surface area contributed by atoms with Crippen molar-refractivity contribution >= 4 is 5.78 Å². The zero-order valence-corrected chi connectivity index (χ0v) is 13.8. The highest BCUT2D eigenvalue weighted by Crippen LogP contribution is 2.29. The molecule has 0 radical (unpaired) electrons. The molecule has 1 rings (SSSR count). The van der Waals surface area contributed by atoms with E-state index in [1.54, 1.807) is 0 Å². The molecular weight excluding hydrogens is 232 g/mol. The minimum atomic E-state index is 0.0403. The third-order valence-corrected chi connectivity index (χ3v) is 3.37. The lowest BCUT2D eigenvalue weighted by atomic mass is 9.81. The number of hydrogen-bond donors (Lipinski definition) is 0. The van der Waals surface area contributed by atoms with E-state index in [0.717, 1.165) is 16.7 Å². The van der Waals surface area contributed by atoms with E-state index in [4.69, 9.17) is 0 Å². The third kappa shape index (κ3) is 4.19. The summed E-state index contributed by atoms with van der Waals surface area (Å²) in [4.78, 5) is 12.5. The van der Waals surface area contributed by atoms with Crippen molar-refractivity contribution in [3.05, 3.63) is 34.4 Å². The molecule has 0 fully saturated rings. The first kappa shape index (κ1) is 15.9. The largest absolute Gasteiger partial charge is 0.294 e. The fourth-order valence-electron chi connectivity index (χ4n) is 2.41. The van der Waals surface area contributed by atoms with Crippen molar-refractivity contribution in [3.63, 3.8) is 0 Å². The fourth-order valence-corrected chi connectivity index (χ4v) is 2.41. The van der Waals surface area contributed by atoms with Crippen LogP contribution < -0.4 is 0 Å². The maximum absolute atomic E-state index is 12.5. The predicted octanol–water partition coefficient (Wildman–Crippen LogP) is 5.22. The molecule has 0 unspecified atom stereocenters. The van der Waals surface area contributed by atoms with Gasteiger partial charge in [-0.15, -0.1) is 0 Å². The van der Waals surface area contributed by atoms with Crippen molar-refractivity contribution in [1.29, 1.82) is 0 Å². The van der Waals surface area contributed by atoms with E-state index >= 15 is 0 Å². The van der Waals surface area contributed by atoms with Crippen molar-refractivity contribution in [2.75, 3.05) is 0 Å². The Morgan fingerprint density at radius 3 is 1.68 bits per heavy atom. The number of aryl methyl sites for hydroxylation is 2. The lowest BCUT2D eigenvalue weighted by Gasteiger charge is -2.23. The van der Waals surface area contributed by atoms with Crippen LogP contribution in [0.1, 0.15) is 75.0 Å². The Morgan fingerprint density at radius 2 is 1.37 bits per heavy atom. The van der Waals surface area contributed by atoms with E-state index in [0.29, 0.717) is 6.42 Å². The number of ketones is 1. The fraction of sp³-hybridized carbons (Fsp3) is 0.611. The number of carbonyl (C=O) groups excluding carboxylic acids is 1. The summed E-state index contributed by atoms with van der Waals surface area (Å²) >= 11 is 0. The van der Waals surface area contributed by atoms with E-state index in [-0.39, 0.29) is 16.6 Å². The molecule has 1 heteroatoms. The minimum absolute atomic E-state index is 0.0403. The molecule has 1 nitrogen and oxygen atoms in total. The second-order valence-electron chi connectivity index (χ2n) is 7.90. The standard InChI is InChI=1S/C18H28O/c1-12-9-14(18(6,7)8)10-13(2)16(12)15(19)11-17(3,4)5/h9-10H,11H2,1-8H3. The molecule has 0 aliphatic carbocycles. The smallest absolute Gasteiger partial charge is 0.163 e. The van der Waals surface area contributed by atoms with Gasteiger partial charge in [-0.05, 0) is 41.4 Å². The SMILES string of the molecule is Cc1cc(C(C)(C)C)cc(C)c1C(=O)CC(C)(C)C. The Hall–Kier alpha value is -1.11. The van der Waals surface area contributed by atoms with Gasteiger partial charge in [0.05, 0.1) is 0 Å². The van der Waals surface area contributed by atoms with Crippen LogP contribution in [0.3, 0.4) is 0 Å². The average molecular weight is 260 g/mol. The Kier molecular flexibility index (Phi) is 4.29. The number of carbonyl (C=O) groups is 1. The number of rotatable bonds is 2. The first-order valence-corrected chi connectivity index (χ1v) is 7.07. The van der Waals surface area contributed by atoms with Crippen LogP contribution in [0.25, 0.3) is 0 Å². The Balaban J connectivity index is 3.22. The van der Waals surface area contributed by atoms with Crippen molar-refractivity contribution in [1.82, 2.24) is 0 Å². The quantitative estimate of drug-likeness (QED) is 0.666. The van der Waals surface area contributed by atoms with Gasteiger partial charge in [-0.1, -0.05) is 53.7 Å². The van der Waals surface area contributed by atoms with Gasteiger partial charge in [-0.2, -0.15) is 0 Å². The van der Waals surface area contributed by atoms with Crippen LogP contribution in [-0.2, 0) is 5.41 Å². The van der Waals surface area contributed by atoms with Crippen LogP contribution in [0.5, 0.6) is 0 Å². The summed E-state index contributed by atoms with van der Waals surface area (Å²) < 4.78 is 0. The van der Waals surface area contributed by atoms with Gasteiger partial charge in [-0.3, -0.25) is 4.79 Å². The summed E-state index contributed by atoms with van der Waals surface area (Å²) in [6, 6.07) is 4.34. The highest BCUT2D eigenvalue weighted by Gasteiger charge is 2.22. The Labute approximate surface area is 118 Å². The molecule has 0 saturated carbocycles. The zero-order chi connectivity index (χ0) is 15.0. The topological polar surface area (TPSA) is 17.1 Å². The van der Waals surface area contributed by atoms with E-state index in [9.17, 15) is 4.79 Å². The Morgan fingerprint density at radius 1 is 0.947 bits per heavy atom. The summed E-state index contributed by atoms with van der Waals surface area (Å²) in [5.74, 6) is 0.267. The third-order valence-electron chi connectivity index (χ3n) is 3.37. The lowest BCUT2D eigenvalue weighted by Crippen LogP contribution is -2.17. The van der Waals surface area contributed by atoms with Gasteiger partial charge in [0, 0.05) is 12.0 Å². The molecule has 0 amide bonds. The molecule has 0 heterocycles. The van der Waals surface area contributed by atoms with Gasteiger partial charge in [0.15, 0.2) is 5.78 Å². The normalized spacial score (nSPS) is 12.6. The van der Waals surface area contributed by atoms with Crippen molar-refractivity contribution in [2.45, 2.75) is 67.2 Å². The van der Waals surface area contributed by atoms with Crippen molar-refractivity contribution < 1.29 is 4.79 Å². The molecule has 0 spiro atoms. The van der Waals surface area contributed by atoms with Gasteiger partial charge >= 0.3 is 0 Å². The first-order chi connectivity index (χ1) is 8.42. The van der Waals surface area contributed by atoms with Crippen LogP contribution >= 0.6 is 0 Å². The maximum Gasteiger partial charge on any atom is 0.163 e. The summed E-state index contributed by atoms with van der Waals surface area (Å²) in [5, 5.41) is 0. The second-order valence-corrected chi connectivity index (χ2v) is 7.90. The van der Waals surface area contributed by atoms with Gasteiger partial charge in [-0.25, -0.2) is 0 Å². The lowest BCUT2D eigenvalue weighted by molar-refractivity contribution is 0.0938. The first-order valence-electron chi connectivity index (χ1n) is 7.07. The summed E-state index contributed by atoms with van der Waals surface area (Å²) in [7, 11) is 0. The molecule has 0 aliphatic heterocycles. The summed E-state index contributed by atoms with van der Waals surface area (Å²) in [6.45, 7) is 17.1. The molecule has 0 saturated heterocycles. The van der Waals surface area contributed by atoms with Crippen molar-refractivity contribution in [2.24, 2.45) is 5.41 Å². The molecule has 0 N–H and O–H groups in total. The monoisotopic (exact) mass is 260 g/mol. The minimum Gasteiger partial charge on any atom is -0.294 e. The van der Waals surface area contributed by atoms with Crippen LogP contribution in [0.15, 0.2) is 12.1 Å². The highest BCUT2D eigenvalue weighted by molar-refractivity contribution is 5.99. The van der Waals surface area contributed by atoms with Gasteiger partial charge in [0.25, 0.3) is 0 Å². The van der Waals surface area contributed by atoms with Crippen LogP contribution in [0.4, 0.5) is 0 Å². The molecule has 0 atom stereocenters. The highest BCUT2D eigenvalue weighted by atomic mass is 16.1. The molecule has 106 valence electrons. The van der Waals surface area contributed by atoms with Gasteiger partial charge < -0.3 is 0 Å². The molecule has 0 aliphatic rings. The van der Waals surface area contributed by atoms with Crippen LogP contribution in [0.2, 0.25) is 0 Å². The molecule has 1 aromatic carbocycles. The summed E-state index contributed by atoms with van der Waals surface area (Å²) in [6.07, 6.45) is 0.601. The van der Waals surface area contributed by atoms with Crippen LogP contribution in [-0.4, -0.2) is 5.78 Å². The molecule has 1 aromatic rings. The number of benzene rings is 1. The van der Waals surface area contributed by atoms with Crippen LogP contribution in [0, 0.1) is 19.3 Å². The summed E-state index contributed by atoms with van der Waals surface area (Å²) in [5.41, 5.74) is 4.61. The van der Waals surface area contributed by atoms with Gasteiger partial charge in [0.1, 0.15) is 0 Å². The average Bonchev–Trinajstić information content (AvgIpc) is 2.11.